The summed E-state index contributed by atoms with van der Waals surface area (Å²) in [5, 5.41) is 8.39. The van der Waals surface area contributed by atoms with Crippen molar-refractivity contribution >= 4 is 42.7 Å². The number of H-pyrrole nitrogens is 2. The van der Waals surface area contributed by atoms with Crippen molar-refractivity contribution in [2.45, 2.75) is 50.9 Å². The molecule has 1 aliphatic rings. The lowest BCUT2D eigenvalue weighted by Crippen LogP contribution is -2.46. The summed E-state index contributed by atoms with van der Waals surface area (Å²) < 4.78 is 0. The molecule has 3 heterocycles. The van der Waals surface area contributed by atoms with Gasteiger partial charge in [-0.3, -0.25) is 9.78 Å². The van der Waals surface area contributed by atoms with Crippen LogP contribution in [-0.2, 0) is 17.6 Å². The number of amides is 1. The zero-order valence-corrected chi connectivity index (χ0v) is 27.5. The molecule has 0 aliphatic heterocycles. The molecule has 0 radical (unpaired) electrons. The number of benzene rings is 2. The lowest BCUT2D eigenvalue weighted by atomic mass is 10.00. The SMILES string of the molecule is C/C=c1/cc(-c2nc3c([nH]2)CC=C(CC(=O)NC(Cc2ccc(-c4ccccc4)cc2)C(S)Nc2ncc[nH]2)C=C3)nc/c1=C/CC. The summed E-state index contributed by atoms with van der Waals surface area (Å²) in [6, 6.07) is 20.5. The maximum atomic E-state index is 13.4. The number of nitrogens with one attached hydrogen (secondary N) is 4. The van der Waals surface area contributed by atoms with Crippen LogP contribution >= 0.6 is 12.6 Å². The van der Waals surface area contributed by atoms with E-state index in [4.69, 9.17) is 17.6 Å². The quantitative estimate of drug-likeness (QED) is 0.0921. The van der Waals surface area contributed by atoms with Crippen LogP contribution in [0.25, 0.3) is 40.9 Å². The number of imidazole rings is 2. The Labute approximate surface area is 280 Å². The highest BCUT2D eigenvalue weighted by Crippen LogP contribution is 2.23. The molecule has 238 valence electrons. The number of fused-ring (bicyclic) bond motifs is 1. The second-order valence-electron chi connectivity index (χ2n) is 11.5. The van der Waals surface area contributed by atoms with E-state index in [0.29, 0.717) is 18.8 Å². The third-order valence-corrected chi connectivity index (χ3v) is 8.66. The molecule has 2 atom stereocenters. The van der Waals surface area contributed by atoms with Crippen molar-refractivity contribution in [1.29, 1.82) is 0 Å². The predicted octanol–water partition coefficient (Wildman–Crippen LogP) is 5.83. The van der Waals surface area contributed by atoms with Crippen LogP contribution in [-0.4, -0.2) is 42.2 Å². The minimum absolute atomic E-state index is 0.0807. The summed E-state index contributed by atoms with van der Waals surface area (Å²) in [6.45, 7) is 4.15. The van der Waals surface area contributed by atoms with Crippen LogP contribution in [0.4, 0.5) is 5.95 Å². The number of aromatic nitrogens is 5. The first kappa shape index (κ1) is 31.8. The predicted molar refractivity (Wildman–Crippen MR) is 194 cm³/mol. The highest BCUT2D eigenvalue weighted by molar-refractivity contribution is 7.81. The van der Waals surface area contributed by atoms with Gasteiger partial charge in [0.1, 0.15) is 5.69 Å². The number of hydrogen-bond acceptors (Lipinski definition) is 6. The Bertz CT molecular complexity index is 2000. The van der Waals surface area contributed by atoms with Gasteiger partial charge in [0.2, 0.25) is 11.9 Å². The van der Waals surface area contributed by atoms with Crippen LogP contribution in [0.1, 0.15) is 43.6 Å². The summed E-state index contributed by atoms with van der Waals surface area (Å²) in [6.07, 6.45) is 18.0. The van der Waals surface area contributed by atoms with Crippen LogP contribution < -0.4 is 21.1 Å². The van der Waals surface area contributed by atoms with E-state index in [9.17, 15) is 4.79 Å². The zero-order valence-electron chi connectivity index (χ0n) is 26.6. The molecule has 0 bridgehead atoms. The van der Waals surface area contributed by atoms with E-state index < -0.39 is 0 Å². The number of allylic oxidation sites excluding steroid dienone is 2. The van der Waals surface area contributed by atoms with Gasteiger partial charge in [-0.05, 0) is 64.6 Å². The number of anilines is 1. The molecule has 0 spiro atoms. The molecule has 0 saturated heterocycles. The fourth-order valence-electron chi connectivity index (χ4n) is 5.69. The van der Waals surface area contributed by atoms with Crippen LogP contribution in [0.2, 0.25) is 0 Å². The van der Waals surface area contributed by atoms with E-state index in [1.807, 2.05) is 43.5 Å². The fourth-order valence-corrected chi connectivity index (χ4v) is 6.00. The van der Waals surface area contributed by atoms with Gasteiger partial charge >= 0.3 is 0 Å². The van der Waals surface area contributed by atoms with Crippen LogP contribution in [0.15, 0.2) is 97.0 Å². The normalized spacial score (nSPS) is 14.7. The number of nitrogens with zero attached hydrogens (tertiary/aromatic N) is 3. The van der Waals surface area contributed by atoms with Crippen molar-refractivity contribution in [2.24, 2.45) is 0 Å². The molecule has 1 amide bonds. The van der Waals surface area contributed by atoms with E-state index in [1.54, 1.807) is 12.4 Å². The van der Waals surface area contributed by atoms with Crippen molar-refractivity contribution in [3.8, 4) is 22.6 Å². The van der Waals surface area contributed by atoms with Crippen LogP contribution in [0.5, 0.6) is 0 Å². The number of aromatic amines is 2. The van der Waals surface area contributed by atoms with Crippen LogP contribution in [0, 0.1) is 0 Å². The number of hydrogen-bond donors (Lipinski definition) is 5. The average molecular weight is 642 g/mol. The Morgan fingerprint density at radius 1 is 1.04 bits per heavy atom. The maximum absolute atomic E-state index is 13.4. The molecule has 2 aromatic carbocycles. The number of rotatable bonds is 11. The fraction of sp³-hybridized carbons (Fsp3) is 0.211. The Hall–Kier alpha value is -5.15. The Morgan fingerprint density at radius 3 is 2.60 bits per heavy atom. The number of carbonyl (C=O) groups excluding carboxylic acids is 1. The molecular weight excluding hydrogens is 603 g/mol. The summed E-state index contributed by atoms with van der Waals surface area (Å²) >= 11 is 4.83. The van der Waals surface area contributed by atoms with Crippen molar-refractivity contribution < 1.29 is 4.79 Å². The van der Waals surface area contributed by atoms with Gasteiger partial charge < -0.3 is 20.6 Å². The first-order valence-corrected chi connectivity index (χ1v) is 16.5. The largest absolute Gasteiger partial charge is 0.350 e. The molecule has 0 saturated carbocycles. The molecule has 5 aromatic rings. The smallest absolute Gasteiger partial charge is 0.224 e. The summed E-state index contributed by atoms with van der Waals surface area (Å²) in [5.74, 6) is 1.26. The lowest BCUT2D eigenvalue weighted by Gasteiger charge is -2.25. The number of carbonyl (C=O) groups is 1. The lowest BCUT2D eigenvalue weighted by molar-refractivity contribution is -0.121. The molecule has 8 nitrogen and oxygen atoms in total. The van der Waals surface area contributed by atoms with Crippen LogP contribution in [0.3, 0.4) is 0 Å². The summed E-state index contributed by atoms with van der Waals surface area (Å²) in [5.41, 5.74) is 7.00. The monoisotopic (exact) mass is 641 g/mol. The van der Waals surface area contributed by atoms with E-state index >= 15 is 0 Å². The molecule has 6 rings (SSSR count). The maximum Gasteiger partial charge on any atom is 0.224 e. The summed E-state index contributed by atoms with van der Waals surface area (Å²) in [4.78, 5) is 33.7. The van der Waals surface area contributed by atoms with Gasteiger partial charge in [-0.1, -0.05) is 85.8 Å². The molecule has 2 unspecified atom stereocenters. The van der Waals surface area contributed by atoms with Gasteiger partial charge in [-0.25, -0.2) is 9.97 Å². The molecule has 0 fully saturated rings. The minimum atomic E-state index is -0.381. The molecule has 9 heteroatoms. The first-order chi connectivity index (χ1) is 23.0. The average Bonchev–Trinajstić information content (AvgIpc) is 3.72. The van der Waals surface area contributed by atoms with Crippen molar-refractivity contribution in [3.05, 3.63) is 124 Å². The second kappa shape index (κ2) is 15.0. The van der Waals surface area contributed by atoms with Gasteiger partial charge in [-0.15, -0.1) is 0 Å². The summed E-state index contributed by atoms with van der Waals surface area (Å²) in [7, 11) is 0. The number of thiol groups is 1. The van der Waals surface area contributed by atoms with Crippen molar-refractivity contribution in [2.75, 3.05) is 5.32 Å². The van der Waals surface area contributed by atoms with E-state index in [-0.39, 0.29) is 23.7 Å². The van der Waals surface area contributed by atoms with Gasteiger partial charge in [0, 0.05) is 30.7 Å². The second-order valence-corrected chi connectivity index (χ2v) is 12.1. The standard InChI is InChI=1S/C38H39N7OS/c1-3-8-30-24-41-33(23-27(30)4-2)36-43-31-17-13-26(14-18-32(31)44-36)22-35(46)42-34(37(47)45-38-39-19-20-40-38)21-25-11-15-29(16-12-25)28-9-6-5-7-10-28/h4-17,19-20,23-24,34,37,47H,3,18,21-22H2,1-2H3,(H,42,46)(H,43,44)(H2,39,40,45)/b27-4-,30-8-. The molecule has 4 N–H and O–H groups in total. The van der Waals surface area contributed by atoms with Gasteiger partial charge in [0.25, 0.3) is 0 Å². The van der Waals surface area contributed by atoms with Gasteiger partial charge in [-0.2, -0.15) is 12.6 Å². The minimum Gasteiger partial charge on any atom is -0.350 e. The third kappa shape index (κ3) is 7.99. The first-order valence-electron chi connectivity index (χ1n) is 16.0. The topological polar surface area (TPSA) is 111 Å². The van der Waals surface area contributed by atoms with E-state index in [1.165, 1.54) is 5.56 Å². The molecular formula is C38H39N7OS. The molecule has 3 aromatic heterocycles. The zero-order chi connectivity index (χ0) is 32.6. The van der Waals surface area contributed by atoms with Gasteiger partial charge in [0.15, 0.2) is 5.82 Å². The highest BCUT2D eigenvalue weighted by atomic mass is 32.1. The number of pyridine rings is 1. The van der Waals surface area contributed by atoms with E-state index in [2.05, 4.69) is 98.2 Å². The Kier molecular flexibility index (Phi) is 10.1. The van der Waals surface area contributed by atoms with Crippen molar-refractivity contribution in [3.63, 3.8) is 0 Å². The van der Waals surface area contributed by atoms with E-state index in [0.717, 1.165) is 56.5 Å². The Balaban J connectivity index is 1.13. The highest BCUT2D eigenvalue weighted by Gasteiger charge is 2.23. The molecule has 1 aliphatic carbocycles. The molecule has 47 heavy (non-hydrogen) atoms. The van der Waals surface area contributed by atoms with Crippen molar-refractivity contribution in [1.82, 2.24) is 30.2 Å². The third-order valence-electron chi connectivity index (χ3n) is 8.17. The van der Waals surface area contributed by atoms with Gasteiger partial charge in [0.05, 0.1) is 23.5 Å². The Morgan fingerprint density at radius 2 is 1.85 bits per heavy atom.